The molecule has 3 heterocycles. The zero-order valence-corrected chi connectivity index (χ0v) is 17.4. The number of nitrogens with one attached hydrogen (secondary N) is 1. The van der Waals surface area contributed by atoms with Crippen molar-refractivity contribution in [2.24, 2.45) is 7.05 Å². The minimum atomic E-state index is -0.0824. The molecule has 1 aliphatic heterocycles. The van der Waals surface area contributed by atoms with E-state index in [1.54, 1.807) is 10.9 Å². The zero-order chi connectivity index (χ0) is 20.4. The number of anilines is 1. The van der Waals surface area contributed by atoms with Gasteiger partial charge in [-0.2, -0.15) is 5.10 Å². The fraction of sp³-hybridized carbons (Fsp3) is 0.409. The molecule has 1 N–H and O–H groups in total. The molecule has 0 aliphatic carbocycles. The largest absolute Gasteiger partial charge is 0.369 e. The molecule has 1 aromatic carbocycles. The molecule has 7 nitrogen and oxygen atoms in total. The van der Waals surface area contributed by atoms with E-state index < -0.39 is 0 Å². The molecule has 1 amide bonds. The number of piperazine rings is 1. The number of aryl methyl sites for hydroxylation is 3. The predicted octanol–water partition coefficient (Wildman–Crippen LogP) is 2.14. The van der Waals surface area contributed by atoms with Crippen molar-refractivity contribution in [1.82, 2.24) is 25.0 Å². The molecular formula is C22H28N6O. The molecule has 1 saturated heterocycles. The molecule has 2 aromatic heterocycles. The number of amides is 1. The predicted molar refractivity (Wildman–Crippen MR) is 115 cm³/mol. The Morgan fingerprint density at radius 2 is 1.93 bits per heavy atom. The lowest BCUT2D eigenvalue weighted by Crippen LogP contribution is -2.48. The minimum Gasteiger partial charge on any atom is -0.369 e. The first-order chi connectivity index (χ1) is 14.0. The molecule has 3 aromatic rings. The molecule has 1 fully saturated rings. The smallest absolute Gasteiger partial charge is 0.252 e. The van der Waals surface area contributed by atoms with Gasteiger partial charge in [0.05, 0.1) is 11.3 Å². The number of hydrogen-bond donors (Lipinski definition) is 1. The van der Waals surface area contributed by atoms with Crippen LogP contribution < -0.4 is 10.2 Å². The fourth-order valence-corrected chi connectivity index (χ4v) is 3.92. The summed E-state index contributed by atoms with van der Waals surface area (Å²) in [5.41, 5.74) is 4.85. The van der Waals surface area contributed by atoms with Gasteiger partial charge in [0.1, 0.15) is 0 Å². The first kappa shape index (κ1) is 19.4. The third-order valence-corrected chi connectivity index (χ3v) is 5.58. The van der Waals surface area contributed by atoms with Crippen LogP contribution in [0.5, 0.6) is 0 Å². The third kappa shape index (κ3) is 4.24. The van der Waals surface area contributed by atoms with Crippen molar-refractivity contribution in [1.29, 1.82) is 0 Å². The summed E-state index contributed by atoms with van der Waals surface area (Å²) in [6, 6.07) is 10.5. The second-order valence-corrected chi connectivity index (χ2v) is 7.73. The SMILES string of the molecule is Cc1cccc(N2CCN(CCNC(=O)c3cnc4c(c3)c(C)nn4C)CC2)c1. The third-order valence-electron chi connectivity index (χ3n) is 5.58. The number of hydrogen-bond acceptors (Lipinski definition) is 5. The van der Waals surface area contributed by atoms with Crippen LogP contribution in [-0.4, -0.2) is 64.8 Å². The highest BCUT2D eigenvalue weighted by molar-refractivity contribution is 5.97. The van der Waals surface area contributed by atoms with Crippen LogP contribution >= 0.6 is 0 Å². The van der Waals surface area contributed by atoms with Crippen molar-refractivity contribution >= 4 is 22.6 Å². The van der Waals surface area contributed by atoms with Gasteiger partial charge in [0.2, 0.25) is 0 Å². The molecule has 0 atom stereocenters. The van der Waals surface area contributed by atoms with Crippen LogP contribution in [0.15, 0.2) is 36.5 Å². The summed E-state index contributed by atoms with van der Waals surface area (Å²) in [4.78, 5) is 21.7. The topological polar surface area (TPSA) is 66.3 Å². The van der Waals surface area contributed by atoms with Crippen molar-refractivity contribution in [3.8, 4) is 0 Å². The summed E-state index contributed by atoms with van der Waals surface area (Å²) < 4.78 is 1.74. The zero-order valence-electron chi connectivity index (χ0n) is 17.4. The molecule has 152 valence electrons. The number of rotatable bonds is 5. The highest BCUT2D eigenvalue weighted by atomic mass is 16.1. The summed E-state index contributed by atoms with van der Waals surface area (Å²) in [7, 11) is 1.86. The van der Waals surface area contributed by atoms with Gasteiger partial charge in [-0.25, -0.2) is 4.98 Å². The second-order valence-electron chi connectivity index (χ2n) is 7.73. The number of pyridine rings is 1. The molecule has 29 heavy (non-hydrogen) atoms. The maximum Gasteiger partial charge on any atom is 0.252 e. The number of benzene rings is 1. The van der Waals surface area contributed by atoms with Crippen molar-refractivity contribution in [2.75, 3.05) is 44.2 Å². The van der Waals surface area contributed by atoms with Gasteiger partial charge < -0.3 is 10.2 Å². The Labute approximate surface area is 171 Å². The Morgan fingerprint density at radius 3 is 2.69 bits per heavy atom. The van der Waals surface area contributed by atoms with Gasteiger partial charge in [-0.1, -0.05) is 12.1 Å². The van der Waals surface area contributed by atoms with E-state index in [1.165, 1.54) is 11.3 Å². The Morgan fingerprint density at radius 1 is 1.14 bits per heavy atom. The van der Waals surface area contributed by atoms with Gasteiger partial charge in [0.25, 0.3) is 5.91 Å². The van der Waals surface area contributed by atoms with Gasteiger partial charge >= 0.3 is 0 Å². The molecule has 0 saturated carbocycles. The van der Waals surface area contributed by atoms with Crippen molar-refractivity contribution in [2.45, 2.75) is 13.8 Å². The quantitative estimate of drug-likeness (QED) is 0.721. The molecule has 0 spiro atoms. The lowest BCUT2D eigenvalue weighted by Gasteiger charge is -2.36. The fourth-order valence-electron chi connectivity index (χ4n) is 3.92. The van der Waals surface area contributed by atoms with Crippen LogP contribution in [0.3, 0.4) is 0 Å². The van der Waals surface area contributed by atoms with E-state index in [9.17, 15) is 4.79 Å². The standard InChI is InChI=1S/C22H28N6O/c1-16-5-4-6-19(13-16)28-11-9-27(10-12-28)8-7-23-22(29)18-14-20-17(2)25-26(3)21(20)24-15-18/h4-6,13-15H,7-12H2,1-3H3,(H,23,29). The van der Waals surface area contributed by atoms with E-state index >= 15 is 0 Å². The maximum atomic E-state index is 12.5. The van der Waals surface area contributed by atoms with E-state index in [0.717, 1.165) is 49.5 Å². The van der Waals surface area contributed by atoms with Crippen LogP contribution in [-0.2, 0) is 7.05 Å². The Bertz CT molecular complexity index is 1020. The van der Waals surface area contributed by atoms with Crippen molar-refractivity contribution < 1.29 is 4.79 Å². The summed E-state index contributed by atoms with van der Waals surface area (Å²) in [6.45, 7) is 9.59. The number of carbonyl (C=O) groups excluding carboxylic acids is 1. The molecule has 1 aliphatic rings. The Hall–Kier alpha value is -2.93. The number of nitrogens with zero attached hydrogens (tertiary/aromatic N) is 5. The molecule has 0 radical (unpaired) electrons. The summed E-state index contributed by atoms with van der Waals surface area (Å²) in [5, 5.41) is 8.31. The number of aromatic nitrogens is 3. The van der Waals surface area contributed by atoms with Crippen molar-refractivity contribution in [3.05, 3.63) is 53.3 Å². The average molecular weight is 393 g/mol. The van der Waals surface area contributed by atoms with Crippen LogP contribution in [0.4, 0.5) is 5.69 Å². The van der Waals surface area contributed by atoms with Gasteiger partial charge in [-0.05, 0) is 37.6 Å². The summed E-state index contributed by atoms with van der Waals surface area (Å²) >= 11 is 0. The Kier molecular flexibility index (Phi) is 5.49. The van der Waals surface area contributed by atoms with E-state index in [1.807, 2.05) is 20.0 Å². The van der Waals surface area contributed by atoms with Gasteiger partial charge in [-0.3, -0.25) is 14.4 Å². The van der Waals surface area contributed by atoms with Crippen LogP contribution in [0.1, 0.15) is 21.6 Å². The lowest BCUT2D eigenvalue weighted by atomic mass is 10.2. The maximum absolute atomic E-state index is 12.5. The van der Waals surface area contributed by atoms with Gasteiger partial charge in [0, 0.05) is 63.6 Å². The first-order valence-corrected chi connectivity index (χ1v) is 10.1. The van der Waals surface area contributed by atoms with Crippen LogP contribution in [0.2, 0.25) is 0 Å². The van der Waals surface area contributed by atoms with Gasteiger partial charge in [0.15, 0.2) is 5.65 Å². The average Bonchev–Trinajstić information content (AvgIpc) is 3.01. The molecular weight excluding hydrogens is 364 g/mol. The van der Waals surface area contributed by atoms with Crippen LogP contribution in [0, 0.1) is 13.8 Å². The molecule has 7 heteroatoms. The monoisotopic (exact) mass is 392 g/mol. The number of carbonyl (C=O) groups is 1. The Balaban J connectivity index is 1.26. The van der Waals surface area contributed by atoms with E-state index in [0.29, 0.717) is 12.1 Å². The van der Waals surface area contributed by atoms with Gasteiger partial charge in [-0.15, -0.1) is 0 Å². The van der Waals surface area contributed by atoms with E-state index in [4.69, 9.17) is 0 Å². The highest BCUT2D eigenvalue weighted by Crippen LogP contribution is 2.18. The molecule has 0 bridgehead atoms. The van der Waals surface area contributed by atoms with Crippen molar-refractivity contribution in [3.63, 3.8) is 0 Å². The second kappa shape index (κ2) is 8.21. The first-order valence-electron chi connectivity index (χ1n) is 10.1. The van der Waals surface area contributed by atoms with E-state index in [2.05, 4.69) is 56.4 Å². The lowest BCUT2D eigenvalue weighted by molar-refractivity contribution is 0.0947. The van der Waals surface area contributed by atoms with E-state index in [-0.39, 0.29) is 5.91 Å². The van der Waals surface area contributed by atoms with Crippen LogP contribution in [0.25, 0.3) is 11.0 Å². The normalized spacial score (nSPS) is 15.1. The number of fused-ring (bicyclic) bond motifs is 1. The molecule has 4 rings (SSSR count). The molecule has 0 unspecified atom stereocenters. The highest BCUT2D eigenvalue weighted by Gasteiger charge is 2.17. The summed E-state index contributed by atoms with van der Waals surface area (Å²) in [6.07, 6.45) is 1.62. The minimum absolute atomic E-state index is 0.0824. The summed E-state index contributed by atoms with van der Waals surface area (Å²) in [5.74, 6) is -0.0824.